The van der Waals surface area contributed by atoms with Crippen molar-refractivity contribution in [3.63, 3.8) is 0 Å². The van der Waals surface area contributed by atoms with Gasteiger partial charge in [-0.1, -0.05) is 42.5 Å². The summed E-state index contributed by atoms with van der Waals surface area (Å²) in [4.78, 5) is 37.0. The van der Waals surface area contributed by atoms with Crippen molar-refractivity contribution in [1.82, 2.24) is 14.9 Å². The number of hydrogen-bond acceptors (Lipinski definition) is 5. The van der Waals surface area contributed by atoms with Crippen LogP contribution in [0.5, 0.6) is 0 Å². The fraction of sp³-hybridized carbons (Fsp3) is 0.219. The zero-order valence-electron chi connectivity index (χ0n) is 22.3. The Morgan fingerprint density at radius 3 is 2.72 bits per heavy atom. The van der Waals surface area contributed by atoms with Crippen LogP contribution in [-0.2, 0) is 4.79 Å². The van der Waals surface area contributed by atoms with E-state index in [1.165, 1.54) is 0 Å². The lowest BCUT2D eigenvalue weighted by molar-refractivity contribution is -0.110. The number of aryl methyl sites for hydroxylation is 1. The van der Waals surface area contributed by atoms with Crippen molar-refractivity contribution in [2.45, 2.75) is 26.7 Å². The average Bonchev–Trinajstić information content (AvgIpc) is 3.57. The number of fused-ring (bicyclic) bond motifs is 1. The molecule has 0 spiro atoms. The molecule has 2 aromatic heterocycles. The molecular formula is C32H30N4O2S. The van der Waals surface area contributed by atoms with Crippen LogP contribution in [0.2, 0.25) is 0 Å². The van der Waals surface area contributed by atoms with E-state index in [0.717, 1.165) is 81.5 Å². The molecule has 0 unspecified atom stereocenters. The Labute approximate surface area is 232 Å². The Morgan fingerprint density at radius 1 is 1.08 bits per heavy atom. The maximum atomic E-state index is 13.5. The zero-order chi connectivity index (χ0) is 27.1. The van der Waals surface area contributed by atoms with Gasteiger partial charge in [0.25, 0.3) is 5.91 Å². The number of aromatic nitrogens is 2. The summed E-state index contributed by atoms with van der Waals surface area (Å²) in [5, 5.41) is 5.99. The molecule has 0 radical (unpaired) electrons. The van der Waals surface area contributed by atoms with Gasteiger partial charge < -0.3 is 15.2 Å². The number of nitrogens with one attached hydrogen (secondary N) is 2. The number of carbonyl (C=O) groups is 2. The minimum absolute atomic E-state index is 0.0810. The average molecular weight is 535 g/mol. The van der Waals surface area contributed by atoms with Crippen LogP contribution in [0.3, 0.4) is 0 Å². The highest BCUT2D eigenvalue weighted by atomic mass is 32.1. The van der Waals surface area contributed by atoms with Crippen molar-refractivity contribution in [2.24, 2.45) is 0 Å². The van der Waals surface area contributed by atoms with E-state index in [1.807, 2.05) is 61.7 Å². The van der Waals surface area contributed by atoms with Crippen LogP contribution in [0.25, 0.3) is 33.5 Å². The maximum absolute atomic E-state index is 13.5. The summed E-state index contributed by atoms with van der Waals surface area (Å²) in [5.74, 6) is -0.0723. The number of hydrogen-bond donors (Lipinski definition) is 2. The van der Waals surface area contributed by atoms with E-state index in [2.05, 4.69) is 40.5 Å². The van der Waals surface area contributed by atoms with Gasteiger partial charge in [0.15, 0.2) is 5.78 Å². The third-order valence-corrected chi connectivity index (χ3v) is 8.46. The lowest BCUT2D eigenvalue weighted by atomic mass is 9.96. The first kappa shape index (κ1) is 25.2. The Kier molecular flexibility index (Phi) is 6.62. The van der Waals surface area contributed by atoms with Crippen LogP contribution in [0.4, 0.5) is 5.69 Å². The molecule has 196 valence electrons. The number of nitrogens with zero attached hydrogens (tertiary/aromatic N) is 2. The van der Waals surface area contributed by atoms with E-state index in [0.29, 0.717) is 11.1 Å². The molecule has 0 aliphatic carbocycles. The molecule has 39 heavy (non-hydrogen) atoms. The van der Waals surface area contributed by atoms with E-state index >= 15 is 0 Å². The van der Waals surface area contributed by atoms with Crippen molar-refractivity contribution >= 4 is 40.4 Å². The van der Waals surface area contributed by atoms with Gasteiger partial charge in [-0.15, -0.1) is 11.3 Å². The van der Waals surface area contributed by atoms with E-state index in [1.54, 1.807) is 11.3 Å². The summed E-state index contributed by atoms with van der Waals surface area (Å²) >= 11 is 1.60. The van der Waals surface area contributed by atoms with Gasteiger partial charge in [-0.05, 0) is 63.1 Å². The Morgan fingerprint density at radius 2 is 1.90 bits per heavy atom. The highest BCUT2D eigenvalue weighted by Gasteiger charge is 2.27. The zero-order valence-corrected chi connectivity index (χ0v) is 23.1. The van der Waals surface area contributed by atoms with Crippen LogP contribution in [-0.4, -0.2) is 46.7 Å². The molecule has 2 aliphatic rings. The van der Waals surface area contributed by atoms with Gasteiger partial charge in [-0.3, -0.25) is 9.59 Å². The summed E-state index contributed by atoms with van der Waals surface area (Å²) in [6.45, 7) is 5.72. The lowest BCUT2D eigenvalue weighted by Crippen LogP contribution is -2.19. The van der Waals surface area contributed by atoms with Crippen molar-refractivity contribution in [2.75, 3.05) is 25.5 Å². The standard InChI is InChI=1S/C32H30N4O2S/c1-19-27(33-20(2)29(19)30(37)21-10-7-14-36(3)15-13-21)17-25-24-16-23(11-12-26(24)34-31(25)38)28-18-39-32(35-28)22-8-5-4-6-9-22/h4-6,8-12,16-18,33H,7,13-15H2,1-3H3,(H,34,38)/b25-17-. The number of thiazole rings is 1. The molecule has 7 heteroatoms. The Balaban J connectivity index is 1.33. The van der Waals surface area contributed by atoms with Gasteiger partial charge >= 0.3 is 0 Å². The van der Waals surface area contributed by atoms with E-state index in [9.17, 15) is 9.59 Å². The number of aromatic amines is 1. The second-order valence-electron chi connectivity index (χ2n) is 10.2. The lowest BCUT2D eigenvalue weighted by Gasteiger charge is -2.12. The number of H-pyrrole nitrogens is 1. The highest BCUT2D eigenvalue weighted by Crippen LogP contribution is 2.38. The summed E-state index contributed by atoms with van der Waals surface area (Å²) in [5.41, 5.74) is 9.16. The van der Waals surface area contributed by atoms with E-state index in [-0.39, 0.29) is 11.7 Å². The number of ketones is 1. The molecule has 0 fully saturated rings. The molecule has 2 aromatic carbocycles. The van der Waals surface area contributed by atoms with Gasteiger partial charge in [0.1, 0.15) is 5.01 Å². The smallest absolute Gasteiger partial charge is 0.256 e. The molecule has 6 nitrogen and oxygen atoms in total. The van der Waals surface area contributed by atoms with Gasteiger partial charge in [0.2, 0.25) is 0 Å². The predicted octanol–water partition coefficient (Wildman–Crippen LogP) is 6.75. The number of benzene rings is 2. The van der Waals surface area contributed by atoms with Crippen LogP contribution in [0, 0.1) is 13.8 Å². The molecule has 0 saturated heterocycles. The minimum Gasteiger partial charge on any atom is -0.358 e. The third kappa shape index (κ3) is 4.80. The highest BCUT2D eigenvalue weighted by molar-refractivity contribution is 7.13. The van der Waals surface area contributed by atoms with E-state index in [4.69, 9.17) is 4.98 Å². The minimum atomic E-state index is -0.153. The molecule has 2 aliphatic heterocycles. The number of amides is 1. The Bertz CT molecular complexity index is 1660. The first-order chi connectivity index (χ1) is 18.9. The summed E-state index contributed by atoms with van der Waals surface area (Å²) < 4.78 is 0. The topological polar surface area (TPSA) is 78.1 Å². The SMILES string of the molecule is Cc1[nH]c(/C=C2\C(=O)Nc3ccc(-c4csc(-c5ccccc5)n4)cc32)c(C)c1C(=O)C1=CCCN(C)CC1. The van der Waals surface area contributed by atoms with Gasteiger partial charge in [-0.2, -0.15) is 0 Å². The summed E-state index contributed by atoms with van der Waals surface area (Å²) in [6, 6.07) is 16.1. The van der Waals surface area contributed by atoms with Crippen LogP contribution in [0.1, 0.15) is 45.7 Å². The third-order valence-electron chi connectivity index (χ3n) is 7.57. The predicted molar refractivity (Wildman–Crippen MR) is 159 cm³/mol. The fourth-order valence-corrected chi connectivity index (χ4v) is 6.20. The number of Topliss-reactive ketones (excluding diaryl/α,β-unsaturated/α-hetero) is 1. The van der Waals surface area contributed by atoms with Crippen LogP contribution < -0.4 is 5.32 Å². The molecule has 1 amide bonds. The maximum Gasteiger partial charge on any atom is 0.256 e. The normalized spacial score (nSPS) is 16.6. The van der Waals surface area contributed by atoms with E-state index < -0.39 is 0 Å². The monoisotopic (exact) mass is 534 g/mol. The first-order valence-corrected chi connectivity index (χ1v) is 14.1. The molecule has 2 N–H and O–H groups in total. The number of carbonyl (C=O) groups excluding carboxylic acids is 2. The second-order valence-corrected chi connectivity index (χ2v) is 11.1. The van der Waals surface area contributed by atoms with Crippen molar-refractivity contribution in [3.05, 3.63) is 93.6 Å². The van der Waals surface area contributed by atoms with Crippen molar-refractivity contribution < 1.29 is 9.59 Å². The summed E-state index contributed by atoms with van der Waals surface area (Å²) in [6.07, 6.45) is 5.58. The molecule has 6 rings (SSSR count). The van der Waals surface area contributed by atoms with Gasteiger partial charge in [-0.25, -0.2) is 4.98 Å². The van der Waals surface area contributed by atoms with Gasteiger partial charge in [0, 0.05) is 57.8 Å². The summed E-state index contributed by atoms with van der Waals surface area (Å²) in [7, 11) is 2.09. The Hall–Kier alpha value is -4.07. The molecule has 0 atom stereocenters. The first-order valence-electron chi connectivity index (χ1n) is 13.2. The quantitative estimate of drug-likeness (QED) is 0.219. The molecular weight excluding hydrogens is 504 g/mol. The molecule has 4 heterocycles. The second kappa shape index (κ2) is 10.2. The number of anilines is 1. The van der Waals surface area contributed by atoms with Gasteiger partial charge in [0.05, 0.1) is 11.3 Å². The fourth-order valence-electron chi connectivity index (χ4n) is 5.36. The van der Waals surface area contributed by atoms with Crippen LogP contribution in [0.15, 0.2) is 65.6 Å². The van der Waals surface area contributed by atoms with Crippen molar-refractivity contribution in [1.29, 1.82) is 0 Å². The largest absolute Gasteiger partial charge is 0.358 e. The molecule has 0 bridgehead atoms. The van der Waals surface area contributed by atoms with Crippen molar-refractivity contribution in [3.8, 4) is 21.8 Å². The number of rotatable bonds is 5. The van der Waals surface area contributed by atoms with Crippen LogP contribution >= 0.6 is 11.3 Å². The molecule has 4 aromatic rings. The molecule has 0 saturated carbocycles.